The first kappa shape index (κ1) is 21.4. The van der Waals surface area contributed by atoms with E-state index < -0.39 is 0 Å². The second-order valence-corrected chi connectivity index (χ2v) is 8.90. The number of imidazole rings is 1. The standard InChI is InChI=1S/C22H25ClN4OS/c1-6-17(23)12-24-14(2)29-22-20(25-13-27(22)5)16-9-7-15(8-10-16)18-11-19(18)21(28)26(3)4/h6-10,12-13,18-19H,1,11H2,2-5H3. The maximum atomic E-state index is 12.1. The second kappa shape index (κ2) is 9.01. The van der Waals surface area contributed by atoms with Gasteiger partial charge < -0.3 is 9.47 Å². The maximum absolute atomic E-state index is 12.1. The summed E-state index contributed by atoms with van der Waals surface area (Å²) in [5, 5.41) is 2.36. The molecule has 0 bridgehead atoms. The minimum absolute atomic E-state index is 0.117. The van der Waals surface area contributed by atoms with Crippen molar-refractivity contribution in [1.29, 1.82) is 0 Å². The zero-order chi connectivity index (χ0) is 21.1. The number of benzene rings is 1. The molecule has 29 heavy (non-hydrogen) atoms. The van der Waals surface area contributed by atoms with Crippen LogP contribution in [0.15, 0.2) is 64.5 Å². The van der Waals surface area contributed by atoms with Crippen molar-refractivity contribution >= 4 is 34.3 Å². The highest BCUT2D eigenvalue weighted by Gasteiger charge is 2.44. The van der Waals surface area contributed by atoms with Crippen molar-refractivity contribution in [2.75, 3.05) is 14.1 Å². The topological polar surface area (TPSA) is 50.5 Å². The molecule has 0 spiro atoms. The maximum Gasteiger partial charge on any atom is 0.225 e. The summed E-state index contributed by atoms with van der Waals surface area (Å²) >= 11 is 7.47. The van der Waals surface area contributed by atoms with E-state index in [1.165, 1.54) is 5.56 Å². The van der Waals surface area contributed by atoms with Crippen LogP contribution in [0.3, 0.4) is 0 Å². The fraction of sp³-hybridized carbons (Fsp3) is 0.318. The lowest BCUT2D eigenvalue weighted by Crippen LogP contribution is -2.23. The largest absolute Gasteiger partial charge is 0.349 e. The molecule has 2 atom stereocenters. The summed E-state index contributed by atoms with van der Waals surface area (Å²) in [5.74, 6) is 0.654. The molecule has 1 fully saturated rings. The number of carbonyl (C=O) groups excluding carboxylic acids is 1. The van der Waals surface area contributed by atoms with Crippen LogP contribution >= 0.6 is 23.4 Å². The Morgan fingerprint density at radius 3 is 2.69 bits per heavy atom. The highest BCUT2D eigenvalue weighted by Crippen LogP contribution is 2.48. The Balaban J connectivity index is 1.77. The highest BCUT2D eigenvalue weighted by molar-refractivity contribution is 8.13. The molecule has 0 N–H and O–H groups in total. The Bertz CT molecular complexity index is 975. The molecule has 1 aromatic heterocycles. The van der Waals surface area contributed by atoms with Crippen LogP contribution in [0, 0.1) is 5.92 Å². The number of aryl methyl sites for hydroxylation is 1. The molecule has 5 nitrogen and oxygen atoms in total. The van der Waals surface area contributed by atoms with Crippen LogP contribution < -0.4 is 0 Å². The summed E-state index contributed by atoms with van der Waals surface area (Å²) in [5.41, 5.74) is 3.16. The van der Waals surface area contributed by atoms with Crippen molar-refractivity contribution in [3.8, 4) is 11.3 Å². The molecule has 0 aliphatic heterocycles. The molecule has 152 valence electrons. The fourth-order valence-electron chi connectivity index (χ4n) is 3.17. The number of hydrogen-bond donors (Lipinski definition) is 0. The van der Waals surface area contributed by atoms with Crippen LogP contribution in [0.4, 0.5) is 0 Å². The Labute approximate surface area is 181 Å². The van der Waals surface area contributed by atoms with Crippen molar-refractivity contribution < 1.29 is 4.79 Å². The summed E-state index contributed by atoms with van der Waals surface area (Å²) in [6.45, 7) is 5.55. The van der Waals surface area contributed by atoms with E-state index in [2.05, 4.69) is 40.8 Å². The van der Waals surface area contributed by atoms with E-state index in [1.807, 2.05) is 32.6 Å². The van der Waals surface area contributed by atoms with E-state index >= 15 is 0 Å². The summed E-state index contributed by atoms with van der Waals surface area (Å²) in [6, 6.07) is 8.38. The number of rotatable bonds is 6. The van der Waals surface area contributed by atoms with E-state index in [9.17, 15) is 4.79 Å². The predicted molar refractivity (Wildman–Crippen MR) is 121 cm³/mol. The Morgan fingerprint density at radius 2 is 2.07 bits per heavy atom. The first-order valence-electron chi connectivity index (χ1n) is 9.35. The molecule has 1 aromatic carbocycles. The van der Waals surface area contributed by atoms with Gasteiger partial charge in [0.15, 0.2) is 0 Å². The lowest BCUT2D eigenvalue weighted by atomic mass is 10.0. The number of carbonyl (C=O) groups is 1. The van der Waals surface area contributed by atoms with E-state index in [-0.39, 0.29) is 11.8 Å². The van der Waals surface area contributed by atoms with Crippen molar-refractivity contribution in [1.82, 2.24) is 14.5 Å². The summed E-state index contributed by atoms with van der Waals surface area (Å²) < 4.78 is 1.98. The van der Waals surface area contributed by atoms with Gasteiger partial charge in [-0.3, -0.25) is 9.79 Å². The minimum Gasteiger partial charge on any atom is -0.349 e. The smallest absolute Gasteiger partial charge is 0.225 e. The highest BCUT2D eigenvalue weighted by atomic mass is 35.5. The Kier molecular flexibility index (Phi) is 6.65. The van der Waals surface area contributed by atoms with Crippen LogP contribution in [0.2, 0.25) is 0 Å². The van der Waals surface area contributed by atoms with Crippen molar-refractivity contribution in [2.24, 2.45) is 18.0 Å². The van der Waals surface area contributed by atoms with Crippen LogP contribution in [0.5, 0.6) is 0 Å². The lowest BCUT2D eigenvalue weighted by Gasteiger charge is -2.10. The zero-order valence-corrected chi connectivity index (χ0v) is 18.7. The minimum atomic E-state index is 0.117. The number of nitrogens with zero attached hydrogens (tertiary/aromatic N) is 4. The first-order valence-corrected chi connectivity index (χ1v) is 10.5. The van der Waals surface area contributed by atoms with Gasteiger partial charge in [-0.05, 0) is 30.9 Å². The van der Waals surface area contributed by atoms with E-state index in [0.717, 1.165) is 27.7 Å². The number of allylic oxidation sites excluding steroid dienone is 2. The molecule has 0 radical (unpaired) electrons. The zero-order valence-electron chi connectivity index (χ0n) is 17.1. The number of halogens is 1. The number of aromatic nitrogens is 2. The number of amides is 1. The molecule has 2 aromatic rings. The van der Waals surface area contributed by atoms with Crippen LogP contribution in [0.25, 0.3) is 11.3 Å². The fourth-order valence-corrected chi connectivity index (χ4v) is 4.06. The number of thioether (sulfide) groups is 1. The molecule has 1 aliphatic carbocycles. The number of aliphatic imine (C=N–C) groups is 1. The monoisotopic (exact) mass is 428 g/mol. The molecular weight excluding hydrogens is 404 g/mol. The van der Waals surface area contributed by atoms with Crippen molar-refractivity contribution in [3.63, 3.8) is 0 Å². The molecule has 0 saturated heterocycles. The molecule has 1 heterocycles. The van der Waals surface area contributed by atoms with E-state index in [1.54, 1.807) is 35.3 Å². The predicted octanol–water partition coefficient (Wildman–Crippen LogP) is 5.06. The Morgan fingerprint density at radius 1 is 1.38 bits per heavy atom. The van der Waals surface area contributed by atoms with Gasteiger partial charge in [-0.15, -0.1) is 0 Å². The summed E-state index contributed by atoms with van der Waals surface area (Å²) in [7, 11) is 5.59. The molecule has 7 heteroatoms. The normalized spacial score (nSPS) is 19.2. The molecular formula is C22H25ClN4OS. The molecule has 1 aliphatic rings. The third-order valence-electron chi connectivity index (χ3n) is 4.85. The molecule has 3 rings (SSSR count). The van der Waals surface area contributed by atoms with Crippen molar-refractivity contribution in [2.45, 2.75) is 24.3 Å². The lowest BCUT2D eigenvalue weighted by molar-refractivity contribution is -0.130. The van der Waals surface area contributed by atoms with E-state index in [4.69, 9.17) is 11.6 Å². The van der Waals surface area contributed by atoms with Gasteiger partial charge in [0.05, 0.1) is 16.4 Å². The van der Waals surface area contributed by atoms with Gasteiger partial charge in [0.1, 0.15) is 10.7 Å². The van der Waals surface area contributed by atoms with Crippen LogP contribution in [-0.4, -0.2) is 39.5 Å². The van der Waals surface area contributed by atoms with Gasteiger partial charge >= 0.3 is 0 Å². The Hall–Kier alpha value is -2.31. The summed E-state index contributed by atoms with van der Waals surface area (Å²) in [4.78, 5) is 22.7. The molecule has 1 amide bonds. The van der Waals surface area contributed by atoms with E-state index in [0.29, 0.717) is 11.0 Å². The molecule has 1 saturated carbocycles. The van der Waals surface area contributed by atoms with Gasteiger partial charge in [-0.2, -0.15) is 0 Å². The van der Waals surface area contributed by atoms with Gasteiger partial charge in [0.2, 0.25) is 5.91 Å². The summed E-state index contributed by atoms with van der Waals surface area (Å²) in [6.07, 6.45) is 5.87. The SMILES string of the molecule is C=CC(Cl)=CN=C(C)Sc1c(-c2ccc(C3CC3C(=O)N(C)C)cc2)ncn1C. The second-order valence-electron chi connectivity index (χ2n) is 7.28. The van der Waals surface area contributed by atoms with Gasteiger partial charge in [-0.25, -0.2) is 4.98 Å². The van der Waals surface area contributed by atoms with Gasteiger partial charge in [0, 0.05) is 38.8 Å². The van der Waals surface area contributed by atoms with Gasteiger partial charge in [-0.1, -0.05) is 54.2 Å². The third-order valence-corrected chi connectivity index (χ3v) is 6.18. The quantitative estimate of drug-likeness (QED) is 0.280. The first-order chi connectivity index (χ1) is 13.8. The average molecular weight is 429 g/mol. The number of hydrogen-bond acceptors (Lipinski definition) is 4. The van der Waals surface area contributed by atoms with Gasteiger partial charge in [0.25, 0.3) is 0 Å². The van der Waals surface area contributed by atoms with Crippen molar-refractivity contribution in [3.05, 3.63) is 60.0 Å². The third kappa shape index (κ3) is 5.00. The average Bonchev–Trinajstić information content (AvgIpc) is 3.43. The molecule has 2 unspecified atom stereocenters. The van der Waals surface area contributed by atoms with Crippen LogP contribution in [0.1, 0.15) is 24.8 Å². The van der Waals surface area contributed by atoms with Crippen LogP contribution in [-0.2, 0) is 11.8 Å².